The van der Waals surface area contributed by atoms with Gasteiger partial charge >= 0.3 is 0 Å². The van der Waals surface area contributed by atoms with Crippen molar-refractivity contribution < 1.29 is 0 Å². The zero-order chi connectivity index (χ0) is 32.2. The van der Waals surface area contributed by atoms with Crippen LogP contribution in [0.3, 0.4) is 0 Å². The molecule has 8 saturated carbocycles. The Labute approximate surface area is 292 Å². The summed E-state index contributed by atoms with van der Waals surface area (Å²) in [5.74, 6) is 5.81. The maximum absolute atomic E-state index is 2.52. The average Bonchev–Trinajstić information content (AvgIpc) is 3.11. The molecule has 49 heavy (non-hydrogen) atoms. The van der Waals surface area contributed by atoms with E-state index in [9.17, 15) is 0 Å². The number of fused-ring (bicyclic) bond motifs is 1. The van der Waals surface area contributed by atoms with Crippen LogP contribution in [0.4, 0.5) is 17.1 Å². The van der Waals surface area contributed by atoms with Crippen LogP contribution in [0.25, 0.3) is 21.9 Å². The monoisotopic (exact) mass is 639 g/mol. The van der Waals surface area contributed by atoms with Crippen LogP contribution in [0.5, 0.6) is 0 Å². The van der Waals surface area contributed by atoms with Gasteiger partial charge in [0.1, 0.15) is 0 Å². The lowest BCUT2D eigenvalue weighted by molar-refractivity contribution is -0.00529. The third-order valence-corrected chi connectivity index (χ3v) is 14.8. The summed E-state index contributed by atoms with van der Waals surface area (Å²) in [6, 6.07) is 44.6. The number of benzene rings is 5. The minimum Gasteiger partial charge on any atom is -0.311 e. The summed E-state index contributed by atoms with van der Waals surface area (Å²) in [5, 5.41) is 2.61. The number of hydrogen-bond acceptors (Lipinski definition) is 1. The lowest BCUT2D eigenvalue weighted by atomic mass is 9.48. The summed E-state index contributed by atoms with van der Waals surface area (Å²) in [6.07, 6.45) is 17.5. The van der Waals surface area contributed by atoms with Gasteiger partial charge in [0, 0.05) is 17.1 Å². The Morgan fingerprint density at radius 1 is 0.388 bits per heavy atom. The molecule has 0 N–H and O–H groups in total. The minimum atomic E-state index is 0.428. The molecule has 0 atom stereocenters. The molecule has 8 aliphatic carbocycles. The van der Waals surface area contributed by atoms with Gasteiger partial charge in [-0.05, 0) is 193 Å². The van der Waals surface area contributed by atoms with Gasteiger partial charge in [0.25, 0.3) is 0 Å². The highest BCUT2D eigenvalue weighted by Crippen LogP contribution is 2.62. The van der Waals surface area contributed by atoms with Gasteiger partial charge in [0.15, 0.2) is 0 Å². The van der Waals surface area contributed by atoms with Crippen molar-refractivity contribution in [2.45, 2.75) is 87.9 Å². The molecular weight excluding hydrogens is 591 g/mol. The molecule has 13 rings (SSSR count). The van der Waals surface area contributed by atoms with Crippen LogP contribution >= 0.6 is 0 Å². The Bertz CT molecular complexity index is 1850. The van der Waals surface area contributed by atoms with Crippen LogP contribution in [-0.2, 0) is 10.8 Å². The van der Waals surface area contributed by atoms with E-state index in [1.165, 1.54) is 116 Å². The van der Waals surface area contributed by atoms with Crippen molar-refractivity contribution in [3.63, 3.8) is 0 Å². The highest BCUT2D eigenvalue weighted by molar-refractivity contribution is 5.97. The Morgan fingerprint density at radius 2 is 0.776 bits per heavy atom. The Kier molecular flexibility index (Phi) is 6.40. The molecule has 0 heterocycles. The van der Waals surface area contributed by atoms with Crippen molar-refractivity contribution >= 4 is 27.8 Å². The van der Waals surface area contributed by atoms with Gasteiger partial charge in [-0.25, -0.2) is 0 Å². The molecule has 1 nitrogen and oxygen atoms in total. The quantitative estimate of drug-likeness (QED) is 0.179. The summed E-state index contributed by atoms with van der Waals surface area (Å²) in [7, 11) is 0. The summed E-state index contributed by atoms with van der Waals surface area (Å²) in [5.41, 5.74) is 10.4. The van der Waals surface area contributed by atoms with E-state index in [2.05, 4.69) is 120 Å². The van der Waals surface area contributed by atoms with Gasteiger partial charge in [-0.3, -0.25) is 0 Å². The van der Waals surface area contributed by atoms with Gasteiger partial charge in [0.2, 0.25) is 0 Å². The van der Waals surface area contributed by atoms with Crippen molar-refractivity contribution in [3.05, 3.63) is 126 Å². The fourth-order valence-corrected chi connectivity index (χ4v) is 13.6. The van der Waals surface area contributed by atoms with E-state index in [0.717, 1.165) is 35.5 Å². The van der Waals surface area contributed by atoms with E-state index in [-0.39, 0.29) is 0 Å². The number of anilines is 3. The largest absolute Gasteiger partial charge is 0.311 e. The Balaban J connectivity index is 0.961. The van der Waals surface area contributed by atoms with Gasteiger partial charge in [-0.2, -0.15) is 0 Å². The molecule has 0 radical (unpaired) electrons. The molecule has 0 spiro atoms. The van der Waals surface area contributed by atoms with Crippen LogP contribution in [0.15, 0.2) is 115 Å². The molecule has 0 amide bonds. The van der Waals surface area contributed by atoms with Crippen molar-refractivity contribution in [2.75, 3.05) is 4.90 Å². The second kappa shape index (κ2) is 10.8. The van der Waals surface area contributed by atoms with Crippen LogP contribution < -0.4 is 4.90 Å². The van der Waals surface area contributed by atoms with E-state index in [1.54, 1.807) is 11.1 Å². The molecule has 8 bridgehead atoms. The molecule has 5 aromatic rings. The van der Waals surface area contributed by atoms with Crippen molar-refractivity contribution in [3.8, 4) is 11.1 Å². The van der Waals surface area contributed by atoms with E-state index in [1.807, 2.05) is 0 Å². The summed E-state index contributed by atoms with van der Waals surface area (Å²) in [6.45, 7) is 0. The highest BCUT2D eigenvalue weighted by Gasteiger charge is 2.52. The molecule has 8 fully saturated rings. The number of nitrogens with zero attached hydrogens (tertiary/aromatic N) is 1. The van der Waals surface area contributed by atoms with Crippen LogP contribution in [0, 0.1) is 35.5 Å². The third kappa shape index (κ3) is 4.71. The van der Waals surface area contributed by atoms with Gasteiger partial charge < -0.3 is 4.90 Å². The Morgan fingerprint density at radius 3 is 1.22 bits per heavy atom. The fraction of sp³-hybridized carbons (Fsp3) is 0.417. The Hall–Kier alpha value is -3.84. The molecule has 5 aromatic carbocycles. The predicted octanol–water partition coefficient (Wildman–Crippen LogP) is 12.9. The molecule has 0 aliphatic heterocycles. The fourth-order valence-electron chi connectivity index (χ4n) is 13.6. The third-order valence-electron chi connectivity index (χ3n) is 14.8. The highest BCUT2D eigenvalue weighted by atomic mass is 15.1. The minimum absolute atomic E-state index is 0.428. The van der Waals surface area contributed by atoms with Crippen LogP contribution in [0.2, 0.25) is 0 Å². The summed E-state index contributed by atoms with van der Waals surface area (Å²) in [4.78, 5) is 2.51. The maximum atomic E-state index is 2.52. The molecule has 0 unspecified atom stereocenters. The van der Waals surface area contributed by atoms with Gasteiger partial charge in [0.05, 0.1) is 0 Å². The molecule has 0 aromatic heterocycles. The SMILES string of the molecule is c1ccc2c(-c3ccc(N(c4ccc(C56CC7CC(CC(C7)C5)C6)cc4)c4ccc(C56CC7CC(CC(C7)C5)C6)cc4)cc3)cccc2c1. The first kappa shape index (κ1) is 28.9. The number of hydrogen-bond donors (Lipinski definition) is 0. The summed E-state index contributed by atoms with van der Waals surface area (Å²) < 4.78 is 0. The summed E-state index contributed by atoms with van der Waals surface area (Å²) >= 11 is 0. The molecular formula is C48H49N. The molecule has 1 heteroatoms. The normalized spacial score (nSPS) is 33.7. The second-order valence-corrected chi connectivity index (χ2v) is 17.9. The van der Waals surface area contributed by atoms with Crippen molar-refractivity contribution in [1.29, 1.82) is 0 Å². The number of rotatable bonds is 6. The maximum Gasteiger partial charge on any atom is 0.0462 e. The smallest absolute Gasteiger partial charge is 0.0462 e. The van der Waals surface area contributed by atoms with Crippen LogP contribution in [0.1, 0.15) is 88.2 Å². The zero-order valence-corrected chi connectivity index (χ0v) is 28.9. The second-order valence-electron chi connectivity index (χ2n) is 17.9. The lowest BCUT2D eigenvalue weighted by Gasteiger charge is -2.57. The van der Waals surface area contributed by atoms with Gasteiger partial charge in [-0.1, -0.05) is 78.9 Å². The standard InChI is InChI=1S/C48H49N/c1-2-6-45-38(4-1)5-3-7-46(45)39-8-14-42(15-9-39)49(43-16-10-40(11-17-43)47-26-32-20-33(27-47)22-34(21-32)28-47)44-18-12-41(13-19-44)48-29-35-23-36(30-48)25-37(24-35)31-48/h1-19,32-37H,20-31H2. The van der Waals surface area contributed by atoms with Crippen LogP contribution in [-0.4, -0.2) is 0 Å². The molecule has 246 valence electrons. The van der Waals surface area contributed by atoms with E-state index in [4.69, 9.17) is 0 Å². The van der Waals surface area contributed by atoms with Crippen molar-refractivity contribution in [1.82, 2.24) is 0 Å². The average molecular weight is 640 g/mol. The molecule has 0 saturated heterocycles. The first-order valence-electron chi connectivity index (χ1n) is 19.7. The topological polar surface area (TPSA) is 3.24 Å². The first-order chi connectivity index (χ1) is 24.1. The van der Waals surface area contributed by atoms with E-state index < -0.39 is 0 Å². The van der Waals surface area contributed by atoms with E-state index in [0.29, 0.717) is 10.8 Å². The van der Waals surface area contributed by atoms with Gasteiger partial charge in [-0.15, -0.1) is 0 Å². The zero-order valence-electron chi connectivity index (χ0n) is 28.9. The lowest BCUT2D eigenvalue weighted by Crippen LogP contribution is -2.48. The molecule has 8 aliphatic rings. The first-order valence-corrected chi connectivity index (χ1v) is 19.7. The predicted molar refractivity (Wildman–Crippen MR) is 204 cm³/mol. The van der Waals surface area contributed by atoms with E-state index >= 15 is 0 Å². The van der Waals surface area contributed by atoms with Crippen molar-refractivity contribution in [2.24, 2.45) is 35.5 Å².